The molecule has 0 saturated carbocycles. The normalized spacial score (nSPS) is 11.4. The number of ether oxygens (including phenoxy) is 2. The van der Waals surface area contributed by atoms with Crippen LogP contribution in [0.25, 0.3) is 6.08 Å². The molecular formula is C15H21NO3. The van der Waals surface area contributed by atoms with E-state index in [4.69, 9.17) is 9.47 Å². The molecule has 0 aliphatic rings. The number of benzene rings is 1. The Labute approximate surface area is 114 Å². The zero-order valence-electron chi connectivity index (χ0n) is 12.1. The molecule has 19 heavy (non-hydrogen) atoms. The lowest BCUT2D eigenvalue weighted by molar-refractivity contribution is -0.117. The molecule has 104 valence electrons. The van der Waals surface area contributed by atoms with E-state index in [0.717, 1.165) is 5.56 Å². The van der Waals surface area contributed by atoms with Crippen molar-refractivity contribution in [2.45, 2.75) is 26.3 Å². The molecule has 0 bridgehead atoms. The number of methoxy groups -OCH3 is 2. The number of amides is 1. The smallest absolute Gasteiger partial charge is 0.244 e. The van der Waals surface area contributed by atoms with Gasteiger partial charge in [-0.25, -0.2) is 0 Å². The Bertz CT molecular complexity index is 451. The molecular weight excluding hydrogens is 242 g/mol. The van der Waals surface area contributed by atoms with E-state index in [1.807, 2.05) is 39.0 Å². The van der Waals surface area contributed by atoms with Gasteiger partial charge in [0, 0.05) is 11.6 Å². The van der Waals surface area contributed by atoms with Crippen LogP contribution in [0.3, 0.4) is 0 Å². The first-order valence-electron chi connectivity index (χ1n) is 6.08. The molecule has 0 unspecified atom stereocenters. The van der Waals surface area contributed by atoms with Crippen LogP contribution in [0.2, 0.25) is 0 Å². The second-order valence-corrected chi connectivity index (χ2v) is 5.15. The lowest BCUT2D eigenvalue weighted by Gasteiger charge is -2.19. The Morgan fingerprint density at radius 1 is 1.16 bits per heavy atom. The standard InChI is InChI=1S/C15H21NO3/c1-15(2,3)16-14(17)10-9-11-12(18-4)7-6-8-13(11)19-5/h6-10H,1-5H3,(H,16,17). The third-order valence-electron chi connectivity index (χ3n) is 2.37. The molecule has 1 N–H and O–H groups in total. The molecule has 0 heterocycles. The molecule has 1 aromatic carbocycles. The van der Waals surface area contributed by atoms with Gasteiger partial charge < -0.3 is 14.8 Å². The Hall–Kier alpha value is -1.97. The molecule has 4 heteroatoms. The second-order valence-electron chi connectivity index (χ2n) is 5.15. The lowest BCUT2D eigenvalue weighted by atomic mass is 10.1. The highest BCUT2D eigenvalue weighted by Gasteiger charge is 2.12. The molecule has 0 aliphatic heterocycles. The summed E-state index contributed by atoms with van der Waals surface area (Å²) in [6.45, 7) is 5.80. The van der Waals surface area contributed by atoms with Gasteiger partial charge in [-0.1, -0.05) is 6.07 Å². The van der Waals surface area contributed by atoms with Crippen LogP contribution < -0.4 is 14.8 Å². The van der Waals surface area contributed by atoms with Crippen LogP contribution in [0, 0.1) is 0 Å². The maximum atomic E-state index is 11.8. The predicted octanol–water partition coefficient (Wildman–Crippen LogP) is 2.63. The number of carbonyl (C=O) groups is 1. The fourth-order valence-corrected chi connectivity index (χ4v) is 1.61. The summed E-state index contributed by atoms with van der Waals surface area (Å²) in [6, 6.07) is 5.48. The molecule has 0 atom stereocenters. The predicted molar refractivity (Wildman–Crippen MR) is 76.5 cm³/mol. The molecule has 0 saturated heterocycles. The average Bonchev–Trinajstić information content (AvgIpc) is 2.33. The minimum atomic E-state index is -0.258. The molecule has 0 spiro atoms. The third kappa shape index (κ3) is 4.66. The zero-order valence-corrected chi connectivity index (χ0v) is 12.1. The second kappa shape index (κ2) is 6.27. The van der Waals surface area contributed by atoms with Gasteiger partial charge >= 0.3 is 0 Å². The molecule has 0 fully saturated rings. The monoisotopic (exact) mass is 263 g/mol. The summed E-state index contributed by atoms with van der Waals surface area (Å²) in [5.74, 6) is 1.18. The first-order valence-corrected chi connectivity index (χ1v) is 6.08. The highest BCUT2D eigenvalue weighted by Crippen LogP contribution is 2.29. The van der Waals surface area contributed by atoms with Gasteiger partial charge in [-0.15, -0.1) is 0 Å². The Morgan fingerprint density at radius 2 is 1.68 bits per heavy atom. The fourth-order valence-electron chi connectivity index (χ4n) is 1.61. The van der Waals surface area contributed by atoms with Crippen molar-refractivity contribution >= 4 is 12.0 Å². The third-order valence-corrected chi connectivity index (χ3v) is 2.37. The largest absolute Gasteiger partial charge is 0.496 e. The summed E-state index contributed by atoms with van der Waals surface area (Å²) in [6.07, 6.45) is 3.17. The van der Waals surface area contributed by atoms with Gasteiger partial charge in [0.1, 0.15) is 11.5 Å². The summed E-state index contributed by atoms with van der Waals surface area (Å²) in [7, 11) is 3.17. The minimum absolute atomic E-state index is 0.152. The van der Waals surface area contributed by atoms with E-state index in [1.54, 1.807) is 20.3 Å². The van der Waals surface area contributed by atoms with E-state index in [9.17, 15) is 4.79 Å². The van der Waals surface area contributed by atoms with Gasteiger partial charge in [0.25, 0.3) is 0 Å². The van der Waals surface area contributed by atoms with Crippen molar-refractivity contribution in [3.63, 3.8) is 0 Å². The van der Waals surface area contributed by atoms with Crippen molar-refractivity contribution in [3.05, 3.63) is 29.8 Å². The molecule has 1 rings (SSSR count). The number of carbonyl (C=O) groups excluding carboxylic acids is 1. The van der Waals surface area contributed by atoms with Gasteiger partial charge in [0.15, 0.2) is 0 Å². The van der Waals surface area contributed by atoms with Crippen molar-refractivity contribution in [1.82, 2.24) is 5.32 Å². The van der Waals surface area contributed by atoms with Crippen molar-refractivity contribution in [2.75, 3.05) is 14.2 Å². The Balaban J connectivity index is 2.95. The quantitative estimate of drug-likeness (QED) is 0.849. The van der Waals surface area contributed by atoms with E-state index in [-0.39, 0.29) is 11.4 Å². The Kier molecular flexibility index (Phi) is 4.98. The maximum Gasteiger partial charge on any atom is 0.244 e. The van der Waals surface area contributed by atoms with Gasteiger partial charge in [-0.3, -0.25) is 4.79 Å². The van der Waals surface area contributed by atoms with Gasteiger partial charge in [0.05, 0.1) is 19.8 Å². The van der Waals surface area contributed by atoms with Crippen LogP contribution in [-0.4, -0.2) is 25.7 Å². The SMILES string of the molecule is COc1cccc(OC)c1C=CC(=O)NC(C)(C)C. The highest BCUT2D eigenvalue weighted by atomic mass is 16.5. The molecule has 0 aromatic heterocycles. The van der Waals surface area contributed by atoms with Gasteiger partial charge in [-0.2, -0.15) is 0 Å². The molecule has 4 nitrogen and oxygen atoms in total. The molecule has 0 radical (unpaired) electrons. The summed E-state index contributed by atoms with van der Waals surface area (Å²) < 4.78 is 10.5. The van der Waals surface area contributed by atoms with Crippen LogP contribution in [0.5, 0.6) is 11.5 Å². The highest BCUT2D eigenvalue weighted by molar-refractivity contribution is 5.93. The van der Waals surface area contributed by atoms with Gasteiger partial charge in [0.2, 0.25) is 5.91 Å². The molecule has 1 aromatic rings. The topological polar surface area (TPSA) is 47.6 Å². The number of nitrogens with one attached hydrogen (secondary N) is 1. The van der Waals surface area contributed by atoms with E-state index in [2.05, 4.69) is 5.32 Å². The number of hydrogen-bond donors (Lipinski definition) is 1. The molecule has 0 aliphatic carbocycles. The van der Waals surface area contributed by atoms with Crippen molar-refractivity contribution in [1.29, 1.82) is 0 Å². The summed E-state index contributed by atoms with van der Waals surface area (Å²) in [4.78, 5) is 11.8. The maximum absolute atomic E-state index is 11.8. The van der Waals surface area contributed by atoms with E-state index in [1.165, 1.54) is 6.08 Å². The van der Waals surface area contributed by atoms with Gasteiger partial charge in [-0.05, 0) is 39.0 Å². The number of rotatable bonds is 4. The minimum Gasteiger partial charge on any atom is -0.496 e. The molecule has 1 amide bonds. The average molecular weight is 263 g/mol. The first-order chi connectivity index (χ1) is 8.87. The van der Waals surface area contributed by atoms with Crippen LogP contribution in [0.15, 0.2) is 24.3 Å². The first kappa shape index (κ1) is 15.1. The van der Waals surface area contributed by atoms with Crippen LogP contribution in [0.1, 0.15) is 26.3 Å². The lowest BCUT2D eigenvalue weighted by Crippen LogP contribution is -2.39. The summed E-state index contributed by atoms with van der Waals surface area (Å²) in [5.41, 5.74) is 0.489. The van der Waals surface area contributed by atoms with Crippen molar-refractivity contribution in [2.24, 2.45) is 0 Å². The summed E-state index contributed by atoms with van der Waals surface area (Å²) >= 11 is 0. The Morgan fingerprint density at radius 3 is 2.11 bits per heavy atom. The summed E-state index contributed by atoms with van der Waals surface area (Å²) in [5, 5.41) is 2.86. The fraction of sp³-hybridized carbons (Fsp3) is 0.400. The number of hydrogen-bond acceptors (Lipinski definition) is 3. The van der Waals surface area contributed by atoms with Crippen molar-refractivity contribution in [3.8, 4) is 11.5 Å². The van der Waals surface area contributed by atoms with Crippen LogP contribution >= 0.6 is 0 Å². The van der Waals surface area contributed by atoms with Crippen LogP contribution in [-0.2, 0) is 4.79 Å². The zero-order chi connectivity index (χ0) is 14.5. The van der Waals surface area contributed by atoms with Crippen LogP contribution in [0.4, 0.5) is 0 Å². The van der Waals surface area contributed by atoms with E-state index < -0.39 is 0 Å². The van der Waals surface area contributed by atoms with E-state index in [0.29, 0.717) is 11.5 Å². The van der Waals surface area contributed by atoms with E-state index >= 15 is 0 Å². The van der Waals surface area contributed by atoms with Crippen molar-refractivity contribution < 1.29 is 14.3 Å².